The van der Waals surface area contributed by atoms with Crippen LogP contribution in [0.25, 0.3) is 5.78 Å². The molecule has 1 N–H and O–H groups in total. The Kier molecular flexibility index (Phi) is 6.33. The van der Waals surface area contributed by atoms with Crippen LogP contribution in [0.2, 0.25) is 5.02 Å². The molecule has 154 valence electrons. The highest BCUT2D eigenvalue weighted by molar-refractivity contribution is 7.99. The molecule has 2 aromatic carbocycles. The minimum absolute atomic E-state index is 0.175. The van der Waals surface area contributed by atoms with Gasteiger partial charge in [0.15, 0.2) is 0 Å². The number of nitrogens with one attached hydrogen (secondary N) is 1. The van der Waals surface area contributed by atoms with Crippen LogP contribution in [0.4, 0.5) is 0 Å². The van der Waals surface area contributed by atoms with E-state index in [1.165, 1.54) is 23.9 Å². The van der Waals surface area contributed by atoms with E-state index in [9.17, 15) is 8.42 Å². The van der Waals surface area contributed by atoms with Crippen molar-refractivity contribution in [2.45, 2.75) is 22.5 Å². The number of thioether (sulfide) groups is 1. The van der Waals surface area contributed by atoms with Crippen LogP contribution in [-0.4, -0.2) is 33.8 Å². The van der Waals surface area contributed by atoms with Crippen LogP contribution in [0.1, 0.15) is 18.0 Å². The van der Waals surface area contributed by atoms with Gasteiger partial charge in [-0.3, -0.25) is 0 Å². The number of rotatable bonds is 8. The minimum atomic E-state index is -3.70. The van der Waals surface area contributed by atoms with E-state index in [0.29, 0.717) is 28.1 Å². The van der Waals surface area contributed by atoms with Crippen molar-refractivity contribution in [3.05, 3.63) is 83.6 Å². The maximum absolute atomic E-state index is 12.9. The van der Waals surface area contributed by atoms with E-state index >= 15 is 0 Å². The lowest BCUT2D eigenvalue weighted by Crippen LogP contribution is -2.29. The van der Waals surface area contributed by atoms with Gasteiger partial charge in [-0.25, -0.2) is 22.6 Å². The fourth-order valence-corrected chi connectivity index (χ4v) is 5.10. The van der Waals surface area contributed by atoms with Crippen LogP contribution in [0.3, 0.4) is 0 Å². The summed E-state index contributed by atoms with van der Waals surface area (Å²) < 4.78 is 30.2. The number of nitrogens with zero attached hydrogens (tertiary/aromatic N) is 4. The summed E-state index contributed by atoms with van der Waals surface area (Å²) in [5, 5.41) is 5.45. The Bertz CT molecular complexity index is 1200. The molecule has 2 heterocycles. The summed E-state index contributed by atoms with van der Waals surface area (Å²) in [6.07, 6.45) is 4.01. The average molecular weight is 460 g/mol. The fraction of sp³-hybridized carbons (Fsp3) is 0.150. The fourth-order valence-electron chi connectivity index (χ4n) is 2.89. The first-order chi connectivity index (χ1) is 14.5. The Morgan fingerprint density at radius 3 is 2.57 bits per heavy atom. The lowest BCUT2D eigenvalue weighted by molar-refractivity contribution is 0.551. The minimum Gasteiger partial charge on any atom is -0.220 e. The lowest BCUT2D eigenvalue weighted by atomic mass is 10.1. The molecule has 10 heteroatoms. The molecule has 4 rings (SSSR count). The van der Waals surface area contributed by atoms with Crippen molar-refractivity contribution >= 4 is 39.2 Å². The normalized spacial score (nSPS) is 12.8. The third-order valence-corrected chi connectivity index (χ3v) is 6.97. The van der Waals surface area contributed by atoms with E-state index in [1.54, 1.807) is 35.1 Å². The second-order valence-electron chi connectivity index (χ2n) is 6.43. The quantitative estimate of drug-likeness (QED) is 0.401. The van der Waals surface area contributed by atoms with Crippen LogP contribution in [0.15, 0.2) is 83.1 Å². The van der Waals surface area contributed by atoms with E-state index < -0.39 is 16.1 Å². The number of halogens is 1. The number of sulfonamides is 1. The first kappa shape index (κ1) is 20.8. The second-order valence-corrected chi connectivity index (χ2v) is 9.65. The molecule has 0 radical (unpaired) electrons. The first-order valence-electron chi connectivity index (χ1n) is 9.14. The molecular weight excluding hydrogens is 442 g/mol. The van der Waals surface area contributed by atoms with E-state index in [0.717, 1.165) is 5.56 Å². The predicted octanol–water partition coefficient (Wildman–Crippen LogP) is 3.98. The van der Waals surface area contributed by atoms with E-state index in [1.807, 2.05) is 30.3 Å². The Hall–Kier alpha value is -2.46. The lowest BCUT2D eigenvalue weighted by Gasteiger charge is -2.19. The molecular formula is C20H18ClN5O2S2. The third kappa shape index (κ3) is 4.99. The second kappa shape index (κ2) is 9.13. The monoisotopic (exact) mass is 459 g/mol. The third-order valence-electron chi connectivity index (χ3n) is 4.36. The molecule has 7 nitrogen and oxygen atoms in total. The summed E-state index contributed by atoms with van der Waals surface area (Å²) >= 11 is 7.34. The summed E-state index contributed by atoms with van der Waals surface area (Å²) in [7, 11) is -3.70. The molecule has 0 saturated carbocycles. The van der Waals surface area contributed by atoms with Crippen molar-refractivity contribution in [3.63, 3.8) is 0 Å². The van der Waals surface area contributed by atoms with Crippen molar-refractivity contribution < 1.29 is 8.42 Å². The summed E-state index contributed by atoms with van der Waals surface area (Å²) in [5.41, 5.74) is 0.889. The number of benzene rings is 2. The number of aromatic nitrogens is 4. The van der Waals surface area contributed by atoms with E-state index in [2.05, 4.69) is 19.8 Å². The van der Waals surface area contributed by atoms with Crippen molar-refractivity contribution in [2.75, 3.05) is 5.75 Å². The largest absolute Gasteiger partial charge is 0.253 e. The Morgan fingerprint density at radius 1 is 1.07 bits per heavy atom. The highest BCUT2D eigenvalue weighted by Crippen LogP contribution is 2.25. The smallest absolute Gasteiger partial charge is 0.220 e. The van der Waals surface area contributed by atoms with Crippen LogP contribution < -0.4 is 4.72 Å². The zero-order valence-electron chi connectivity index (χ0n) is 15.7. The van der Waals surface area contributed by atoms with Crippen molar-refractivity contribution in [3.8, 4) is 0 Å². The zero-order valence-corrected chi connectivity index (χ0v) is 18.1. The number of hydrogen-bond donors (Lipinski definition) is 1. The van der Waals surface area contributed by atoms with Crippen LogP contribution >= 0.6 is 23.4 Å². The Balaban J connectivity index is 1.49. The number of hydrogen-bond acceptors (Lipinski definition) is 6. The Labute approximate surface area is 183 Å². The summed E-state index contributed by atoms with van der Waals surface area (Å²) in [6.45, 7) is 0. The molecule has 4 aromatic rings. The van der Waals surface area contributed by atoms with Gasteiger partial charge >= 0.3 is 0 Å². The van der Waals surface area contributed by atoms with Crippen molar-refractivity contribution in [1.82, 2.24) is 24.3 Å². The molecule has 1 atom stereocenters. The van der Waals surface area contributed by atoms with Gasteiger partial charge in [-0.1, -0.05) is 53.7 Å². The molecule has 30 heavy (non-hydrogen) atoms. The van der Waals surface area contributed by atoms with Gasteiger partial charge in [0.1, 0.15) is 0 Å². The van der Waals surface area contributed by atoms with Crippen LogP contribution in [0, 0.1) is 0 Å². The van der Waals surface area contributed by atoms with Crippen molar-refractivity contribution in [2.24, 2.45) is 0 Å². The first-order valence-corrected chi connectivity index (χ1v) is 12.0. The van der Waals surface area contributed by atoms with Crippen molar-refractivity contribution in [1.29, 1.82) is 0 Å². The molecule has 0 amide bonds. The molecule has 0 aliphatic carbocycles. The van der Waals surface area contributed by atoms with Gasteiger partial charge in [0.25, 0.3) is 5.78 Å². The highest BCUT2D eigenvalue weighted by atomic mass is 35.5. The maximum Gasteiger partial charge on any atom is 0.253 e. The molecule has 0 aliphatic rings. The van der Waals surface area contributed by atoms with E-state index in [4.69, 9.17) is 11.6 Å². The molecule has 1 unspecified atom stereocenters. The summed E-state index contributed by atoms with van der Waals surface area (Å²) in [6, 6.07) is 17.0. The van der Waals surface area contributed by atoms with Gasteiger partial charge in [0.2, 0.25) is 15.2 Å². The topological polar surface area (TPSA) is 89.2 Å². The SMILES string of the molecule is O=S(=O)(NC(CCSc1nc2ncccn2n1)c1ccccc1)c1ccc(Cl)cc1. The van der Waals surface area contributed by atoms with Crippen LogP contribution in [0.5, 0.6) is 0 Å². The van der Waals surface area contributed by atoms with Gasteiger partial charge in [0.05, 0.1) is 4.90 Å². The molecule has 0 fully saturated rings. The maximum atomic E-state index is 12.9. The van der Waals surface area contributed by atoms with Gasteiger partial charge in [0, 0.05) is 29.2 Å². The van der Waals surface area contributed by atoms with Gasteiger partial charge in [-0.05, 0) is 42.3 Å². The van der Waals surface area contributed by atoms with Gasteiger partial charge < -0.3 is 0 Å². The highest BCUT2D eigenvalue weighted by Gasteiger charge is 2.21. The summed E-state index contributed by atoms with van der Waals surface area (Å²) in [5.74, 6) is 1.16. The molecule has 0 aliphatic heterocycles. The standard InChI is InChI=1S/C20H18ClN5O2S2/c21-16-7-9-17(10-8-16)30(27,28)25-18(15-5-2-1-3-6-15)11-14-29-20-23-19-22-12-4-13-26(19)24-20/h1-10,12-13,18,25H,11,14H2. The van der Waals surface area contributed by atoms with E-state index in [-0.39, 0.29) is 4.90 Å². The number of fused-ring (bicyclic) bond motifs is 1. The molecule has 0 spiro atoms. The molecule has 0 bridgehead atoms. The predicted molar refractivity (Wildman–Crippen MR) is 117 cm³/mol. The molecule has 0 saturated heterocycles. The average Bonchev–Trinajstić information content (AvgIpc) is 3.17. The zero-order chi connectivity index (χ0) is 21.0. The summed E-state index contributed by atoms with van der Waals surface area (Å²) in [4.78, 5) is 8.70. The van der Waals surface area contributed by atoms with Crippen LogP contribution in [-0.2, 0) is 10.0 Å². The van der Waals surface area contributed by atoms with Gasteiger partial charge in [-0.15, -0.1) is 5.10 Å². The Morgan fingerprint density at radius 2 is 1.83 bits per heavy atom. The molecule has 2 aromatic heterocycles. The van der Waals surface area contributed by atoms with Gasteiger partial charge in [-0.2, -0.15) is 4.98 Å².